The molecule has 0 fully saturated rings. The van der Waals surface area contributed by atoms with E-state index < -0.39 is 5.91 Å². The molecule has 1 aliphatic heterocycles. The summed E-state index contributed by atoms with van der Waals surface area (Å²) in [5.74, 6) is -0.447. The highest BCUT2D eigenvalue weighted by molar-refractivity contribution is 5.93. The predicted octanol–water partition coefficient (Wildman–Crippen LogP) is 1.53. The third-order valence-electron chi connectivity index (χ3n) is 2.90. The van der Waals surface area contributed by atoms with Crippen LogP contribution in [0, 0.1) is 0 Å². The van der Waals surface area contributed by atoms with Crippen molar-refractivity contribution in [2.45, 2.75) is 26.4 Å². The summed E-state index contributed by atoms with van der Waals surface area (Å²) in [6.45, 7) is 5.10. The van der Waals surface area contributed by atoms with Gasteiger partial charge in [0, 0.05) is 18.7 Å². The monoisotopic (exact) mass is 220 g/mol. The minimum Gasteiger partial charge on any atom is -0.295 e. The summed E-state index contributed by atoms with van der Waals surface area (Å²) in [6.07, 6.45) is 1.14. The Labute approximate surface area is 94.8 Å². The normalized spacial score (nSPS) is 14.9. The lowest BCUT2D eigenvalue weighted by Gasteiger charge is -2.11. The molecule has 2 N–H and O–H groups in total. The Morgan fingerprint density at radius 2 is 2.19 bits per heavy atom. The predicted molar refractivity (Wildman–Crippen MR) is 60.1 cm³/mol. The van der Waals surface area contributed by atoms with Gasteiger partial charge in [-0.15, -0.1) is 0 Å². The second-order valence-electron chi connectivity index (χ2n) is 4.14. The van der Waals surface area contributed by atoms with Gasteiger partial charge in [0.15, 0.2) is 0 Å². The molecule has 1 heterocycles. The molecule has 1 amide bonds. The molecule has 1 aromatic rings. The molecular weight excluding hydrogens is 204 g/mol. The smallest absolute Gasteiger partial charge is 0.274 e. The Kier molecular flexibility index (Phi) is 3.22. The van der Waals surface area contributed by atoms with Gasteiger partial charge in [0.1, 0.15) is 0 Å². The molecule has 1 aromatic carbocycles. The summed E-state index contributed by atoms with van der Waals surface area (Å²) in [4.78, 5) is 13.6. The topological polar surface area (TPSA) is 52.6 Å². The van der Waals surface area contributed by atoms with Gasteiger partial charge in [-0.05, 0) is 36.2 Å². The molecule has 1 aliphatic rings. The largest absolute Gasteiger partial charge is 0.295 e. The van der Waals surface area contributed by atoms with Crippen LogP contribution < -0.4 is 5.48 Å². The lowest BCUT2D eigenvalue weighted by atomic mass is 10.1. The second kappa shape index (κ2) is 4.63. The number of carbonyl (C=O) groups is 1. The Morgan fingerprint density at radius 3 is 2.88 bits per heavy atom. The van der Waals surface area contributed by atoms with Crippen LogP contribution in [-0.4, -0.2) is 22.6 Å². The van der Waals surface area contributed by atoms with E-state index >= 15 is 0 Å². The highest BCUT2D eigenvalue weighted by atomic mass is 16.5. The fourth-order valence-electron chi connectivity index (χ4n) is 2.15. The average molecular weight is 220 g/mol. The van der Waals surface area contributed by atoms with E-state index in [1.54, 1.807) is 11.5 Å². The summed E-state index contributed by atoms with van der Waals surface area (Å²) >= 11 is 0. The quantitative estimate of drug-likeness (QED) is 0.600. The van der Waals surface area contributed by atoms with Crippen LogP contribution in [0.5, 0.6) is 0 Å². The molecule has 0 spiro atoms. The number of hydroxylamine groups is 1. The van der Waals surface area contributed by atoms with E-state index in [4.69, 9.17) is 5.21 Å². The first kappa shape index (κ1) is 11.1. The first-order valence-corrected chi connectivity index (χ1v) is 5.53. The Morgan fingerprint density at radius 1 is 1.44 bits per heavy atom. The highest BCUT2D eigenvalue weighted by Gasteiger charge is 2.19. The van der Waals surface area contributed by atoms with Crippen molar-refractivity contribution in [3.8, 4) is 0 Å². The van der Waals surface area contributed by atoms with Gasteiger partial charge in [-0.2, -0.15) is 0 Å². The number of amides is 1. The number of benzene rings is 1. The van der Waals surface area contributed by atoms with Crippen LogP contribution in [0.2, 0.25) is 0 Å². The van der Waals surface area contributed by atoms with Gasteiger partial charge in [-0.25, -0.2) is 5.48 Å². The minimum absolute atomic E-state index is 0.447. The van der Waals surface area contributed by atoms with E-state index in [0.717, 1.165) is 26.1 Å². The van der Waals surface area contributed by atoms with E-state index in [1.807, 2.05) is 12.1 Å². The van der Waals surface area contributed by atoms with Gasteiger partial charge >= 0.3 is 0 Å². The third-order valence-corrected chi connectivity index (χ3v) is 2.90. The van der Waals surface area contributed by atoms with Crippen molar-refractivity contribution >= 4 is 5.91 Å². The van der Waals surface area contributed by atoms with Crippen LogP contribution in [0.25, 0.3) is 0 Å². The number of hydrogen-bond donors (Lipinski definition) is 2. The second-order valence-corrected chi connectivity index (χ2v) is 4.14. The molecule has 16 heavy (non-hydrogen) atoms. The number of nitrogens with one attached hydrogen (secondary N) is 1. The molecule has 4 heteroatoms. The van der Waals surface area contributed by atoms with Crippen LogP contribution >= 0.6 is 0 Å². The summed E-state index contributed by atoms with van der Waals surface area (Å²) in [5.41, 5.74) is 4.64. The molecule has 0 aliphatic carbocycles. The molecule has 0 saturated heterocycles. The standard InChI is InChI=1S/C12H16N2O2/c1-2-5-14-7-10-4-3-9(12(15)13-16)6-11(10)8-14/h3-4,6,16H,2,5,7-8H2,1H3,(H,13,15). The first-order chi connectivity index (χ1) is 7.74. The van der Waals surface area contributed by atoms with Crippen LogP contribution in [0.15, 0.2) is 18.2 Å². The van der Waals surface area contributed by atoms with Gasteiger partial charge < -0.3 is 0 Å². The number of rotatable bonds is 3. The first-order valence-electron chi connectivity index (χ1n) is 5.53. The molecule has 2 rings (SSSR count). The lowest BCUT2D eigenvalue weighted by molar-refractivity contribution is 0.0706. The maximum Gasteiger partial charge on any atom is 0.274 e. The van der Waals surface area contributed by atoms with Crippen molar-refractivity contribution in [3.63, 3.8) is 0 Å². The van der Waals surface area contributed by atoms with Gasteiger partial charge in [-0.1, -0.05) is 13.0 Å². The molecule has 0 saturated carbocycles. The van der Waals surface area contributed by atoms with E-state index in [1.165, 1.54) is 11.1 Å². The van der Waals surface area contributed by atoms with Gasteiger partial charge in [0.2, 0.25) is 0 Å². The van der Waals surface area contributed by atoms with E-state index in [2.05, 4.69) is 11.8 Å². The number of hydrogen-bond acceptors (Lipinski definition) is 3. The molecule has 4 nitrogen and oxygen atoms in total. The molecule has 86 valence electrons. The number of nitrogens with zero attached hydrogens (tertiary/aromatic N) is 1. The fraction of sp³-hybridized carbons (Fsp3) is 0.417. The van der Waals surface area contributed by atoms with Crippen molar-refractivity contribution < 1.29 is 10.0 Å². The van der Waals surface area contributed by atoms with Crippen LogP contribution in [-0.2, 0) is 13.1 Å². The van der Waals surface area contributed by atoms with Gasteiger partial charge in [0.25, 0.3) is 5.91 Å². The number of fused-ring (bicyclic) bond motifs is 1. The van der Waals surface area contributed by atoms with Crippen molar-refractivity contribution in [3.05, 3.63) is 34.9 Å². The summed E-state index contributed by atoms with van der Waals surface area (Å²) in [6, 6.07) is 5.58. The van der Waals surface area contributed by atoms with E-state index in [9.17, 15) is 4.79 Å². The van der Waals surface area contributed by atoms with Gasteiger partial charge in [-0.3, -0.25) is 14.9 Å². The zero-order chi connectivity index (χ0) is 11.5. The highest BCUT2D eigenvalue weighted by Crippen LogP contribution is 2.23. The van der Waals surface area contributed by atoms with Crippen LogP contribution in [0.4, 0.5) is 0 Å². The van der Waals surface area contributed by atoms with Crippen molar-refractivity contribution in [1.82, 2.24) is 10.4 Å². The van der Waals surface area contributed by atoms with Crippen LogP contribution in [0.3, 0.4) is 0 Å². The molecule has 0 atom stereocenters. The Balaban J connectivity index is 2.17. The van der Waals surface area contributed by atoms with Gasteiger partial charge in [0.05, 0.1) is 0 Å². The fourth-order valence-corrected chi connectivity index (χ4v) is 2.15. The minimum atomic E-state index is -0.447. The summed E-state index contributed by atoms with van der Waals surface area (Å²) in [5, 5.41) is 8.56. The van der Waals surface area contributed by atoms with Crippen LogP contribution in [0.1, 0.15) is 34.8 Å². The maximum absolute atomic E-state index is 11.2. The summed E-state index contributed by atoms with van der Waals surface area (Å²) < 4.78 is 0. The average Bonchev–Trinajstić information content (AvgIpc) is 2.69. The van der Waals surface area contributed by atoms with E-state index in [0.29, 0.717) is 5.56 Å². The molecule has 0 unspecified atom stereocenters. The zero-order valence-corrected chi connectivity index (χ0v) is 9.36. The Hall–Kier alpha value is -1.39. The third kappa shape index (κ3) is 2.08. The van der Waals surface area contributed by atoms with Crippen molar-refractivity contribution in [1.29, 1.82) is 0 Å². The summed E-state index contributed by atoms with van der Waals surface area (Å²) in [7, 11) is 0. The van der Waals surface area contributed by atoms with Crippen molar-refractivity contribution in [2.75, 3.05) is 6.54 Å². The zero-order valence-electron chi connectivity index (χ0n) is 9.36. The molecule has 0 aromatic heterocycles. The molecular formula is C12H16N2O2. The lowest BCUT2D eigenvalue weighted by Crippen LogP contribution is -2.18. The SMILES string of the molecule is CCCN1Cc2ccc(C(=O)NO)cc2C1. The van der Waals surface area contributed by atoms with E-state index in [-0.39, 0.29) is 0 Å². The van der Waals surface area contributed by atoms with Crippen molar-refractivity contribution in [2.24, 2.45) is 0 Å². The number of carbonyl (C=O) groups excluding carboxylic acids is 1. The molecule has 0 bridgehead atoms. The Bertz CT molecular complexity index is 404. The maximum atomic E-state index is 11.2. The molecule has 0 radical (unpaired) electrons.